The number of aliphatic hydroxyl groups is 2. The highest BCUT2D eigenvalue weighted by molar-refractivity contribution is 6.00. The Morgan fingerprint density at radius 2 is 1.83 bits per heavy atom. The largest absolute Gasteiger partial charge is 0.508 e. The molecule has 1 aromatic heterocycles. The van der Waals surface area contributed by atoms with Gasteiger partial charge in [0, 0.05) is 56.6 Å². The zero-order chi connectivity index (χ0) is 47.2. The first kappa shape index (κ1) is 50.0. The number of Topliss-reactive ketones (excluding diaryl/α,β-unsaturated/α-hetero) is 1. The number of fused-ring (bicyclic) bond motifs is 3. The van der Waals surface area contributed by atoms with Crippen LogP contribution in [-0.2, 0) is 51.2 Å². The number of hydroxylamine groups is 1. The maximum absolute atomic E-state index is 14.4. The van der Waals surface area contributed by atoms with Crippen LogP contribution in [0.3, 0.4) is 0 Å². The lowest BCUT2D eigenvalue weighted by Gasteiger charge is -2.36. The van der Waals surface area contributed by atoms with Crippen LogP contribution in [0.4, 0.5) is 5.69 Å². The second-order valence-electron chi connectivity index (χ2n) is 17.1. The number of amides is 4. The van der Waals surface area contributed by atoms with Gasteiger partial charge >= 0.3 is 5.97 Å². The van der Waals surface area contributed by atoms with Gasteiger partial charge < -0.3 is 35.5 Å². The molecule has 5 rings (SSSR count). The van der Waals surface area contributed by atoms with Crippen LogP contribution in [0.2, 0.25) is 0 Å². The SMILES string of the molecule is CC(=O)CC[C@H]1C(=O)N[C@@H](C(C)C)C(=O)N[C@@H](Cc2cccc(O)c2)C(=O)N2CCCC(N2)C(=O)O[C@H](/C(C)=C/C=C/C(=O)N2OCCc3cnccc32)C/C=C/C=C/[C@H](O)[C@H](C)[C@H]1O. The summed E-state index contributed by atoms with van der Waals surface area (Å²) in [4.78, 5) is 91.5. The predicted octanol–water partition coefficient (Wildman–Crippen LogP) is 3.25. The maximum Gasteiger partial charge on any atom is 0.325 e. The standard InChI is InChI=1S/C48H62N6O11/c1-29(2)43-46(61)50-38(27-33-13-10-14-35(56)26-33)47(62)53-24-11-15-37(52-53)48(63)65-41(30(3)12-9-18-42(58)54-39-21-23-49-28-34(39)22-25-64-54)17-8-6-7-16-40(57)32(5)44(59)36(45(60)51-43)20-19-31(4)55/h6-10,12-14,16,18,21,23,26,28-29,32,36-38,40-41,43-44,52,56-57,59H,11,15,17,19-20,22,24-25,27H2,1-5H3,(H,50,61)(H,51,60)/b8-6+,16-7+,18-9+,30-12+/t32-,36+,37?,38-,40-,41-,43-,44+/m0/s1. The number of hydrazine groups is 1. The Labute approximate surface area is 379 Å². The Kier molecular flexibility index (Phi) is 18.3. The molecule has 0 spiro atoms. The summed E-state index contributed by atoms with van der Waals surface area (Å²) in [5.74, 6) is -5.91. The van der Waals surface area contributed by atoms with E-state index in [0.29, 0.717) is 42.7 Å². The summed E-state index contributed by atoms with van der Waals surface area (Å²) in [5.41, 5.74) is 5.59. The van der Waals surface area contributed by atoms with Crippen molar-refractivity contribution in [2.45, 2.75) is 116 Å². The minimum absolute atomic E-state index is 0.0373. The molecule has 65 heavy (non-hydrogen) atoms. The number of aromatic nitrogens is 1. The molecule has 0 saturated carbocycles. The molecule has 1 fully saturated rings. The fraction of sp³-hybridized carbons (Fsp3) is 0.479. The van der Waals surface area contributed by atoms with E-state index in [1.54, 1.807) is 82.6 Å². The Hall–Kier alpha value is -6.01. The number of phenols is 1. The van der Waals surface area contributed by atoms with Gasteiger partial charge in [-0.25, -0.2) is 5.43 Å². The van der Waals surface area contributed by atoms with Crippen molar-refractivity contribution in [3.63, 3.8) is 0 Å². The maximum atomic E-state index is 14.4. The zero-order valence-electron chi connectivity index (χ0n) is 37.6. The van der Waals surface area contributed by atoms with Gasteiger partial charge in [-0.15, -0.1) is 0 Å². The highest BCUT2D eigenvalue weighted by atomic mass is 16.7. The average Bonchev–Trinajstić information content (AvgIpc) is 3.28. The summed E-state index contributed by atoms with van der Waals surface area (Å²) in [7, 11) is 0. The van der Waals surface area contributed by atoms with Gasteiger partial charge in [0.05, 0.1) is 30.4 Å². The van der Waals surface area contributed by atoms with Crippen LogP contribution in [0.1, 0.15) is 77.8 Å². The molecule has 1 saturated heterocycles. The molecule has 8 atom stereocenters. The average molecular weight is 899 g/mol. The molecule has 6 N–H and O–H groups in total. The molecule has 1 unspecified atom stereocenters. The van der Waals surface area contributed by atoms with E-state index in [4.69, 9.17) is 9.57 Å². The number of carbonyl (C=O) groups is 6. The van der Waals surface area contributed by atoms with E-state index in [1.807, 2.05) is 0 Å². The molecular formula is C48H62N6O11. The number of ketones is 1. The summed E-state index contributed by atoms with van der Waals surface area (Å²) < 4.78 is 6.08. The first-order valence-corrected chi connectivity index (χ1v) is 22.1. The van der Waals surface area contributed by atoms with Gasteiger partial charge in [-0.3, -0.25) is 38.8 Å². The number of aromatic hydroxyl groups is 1. The van der Waals surface area contributed by atoms with Gasteiger partial charge in [-0.2, -0.15) is 5.06 Å². The number of benzene rings is 1. The number of anilines is 1. The van der Waals surface area contributed by atoms with Crippen LogP contribution in [-0.4, -0.2) is 110 Å². The number of nitrogens with zero attached hydrogens (tertiary/aromatic N) is 3. The highest BCUT2D eigenvalue weighted by Gasteiger charge is 2.39. The van der Waals surface area contributed by atoms with E-state index in [1.165, 1.54) is 47.4 Å². The third-order valence-electron chi connectivity index (χ3n) is 11.7. The Morgan fingerprint density at radius 3 is 2.57 bits per heavy atom. The van der Waals surface area contributed by atoms with Crippen molar-refractivity contribution in [1.82, 2.24) is 26.1 Å². The smallest absolute Gasteiger partial charge is 0.325 e. The summed E-state index contributed by atoms with van der Waals surface area (Å²) in [6, 6.07) is 4.54. The zero-order valence-corrected chi connectivity index (χ0v) is 37.6. The number of ether oxygens (including phenoxy) is 1. The number of carbonyl (C=O) groups excluding carboxylic acids is 6. The van der Waals surface area contributed by atoms with E-state index in [-0.39, 0.29) is 43.8 Å². The Morgan fingerprint density at radius 1 is 1.05 bits per heavy atom. The number of hydrogen-bond acceptors (Lipinski definition) is 13. The summed E-state index contributed by atoms with van der Waals surface area (Å²) >= 11 is 0. The number of nitrogens with one attached hydrogen (secondary N) is 3. The van der Waals surface area contributed by atoms with Crippen molar-refractivity contribution in [2.24, 2.45) is 17.8 Å². The molecule has 4 amide bonds. The third kappa shape index (κ3) is 14.0. The lowest BCUT2D eigenvalue weighted by Crippen LogP contribution is -2.62. The second-order valence-corrected chi connectivity index (χ2v) is 17.1. The lowest BCUT2D eigenvalue weighted by molar-refractivity contribution is -0.156. The number of phenolic OH excluding ortho intramolecular Hbond substituents is 1. The predicted molar refractivity (Wildman–Crippen MR) is 240 cm³/mol. The van der Waals surface area contributed by atoms with Gasteiger partial charge in [0.2, 0.25) is 11.8 Å². The van der Waals surface area contributed by atoms with Crippen molar-refractivity contribution in [3.8, 4) is 5.75 Å². The van der Waals surface area contributed by atoms with Gasteiger partial charge in [-0.05, 0) is 73.9 Å². The van der Waals surface area contributed by atoms with E-state index in [2.05, 4.69) is 21.0 Å². The van der Waals surface area contributed by atoms with Crippen molar-refractivity contribution < 1.29 is 53.7 Å². The van der Waals surface area contributed by atoms with Crippen LogP contribution in [0.25, 0.3) is 0 Å². The normalized spacial score (nSPS) is 27.7. The Balaban J connectivity index is 1.46. The van der Waals surface area contributed by atoms with E-state index in [0.717, 1.165) is 5.56 Å². The van der Waals surface area contributed by atoms with E-state index >= 15 is 0 Å². The summed E-state index contributed by atoms with van der Waals surface area (Å²) in [6.45, 7) is 8.59. The molecule has 0 radical (unpaired) electrons. The van der Waals surface area contributed by atoms with Crippen LogP contribution in [0.15, 0.2) is 90.8 Å². The topological polar surface area (TPSA) is 237 Å². The molecule has 3 aliphatic heterocycles. The molecule has 17 heteroatoms. The minimum atomic E-state index is -1.44. The molecule has 4 heterocycles. The van der Waals surface area contributed by atoms with Gasteiger partial charge in [0.25, 0.3) is 11.8 Å². The first-order chi connectivity index (χ1) is 31.0. The van der Waals surface area contributed by atoms with Gasteiger partial charge in [-0.1, -0.05) is 69.4 Å². The number of esters is 1. The molecule has 350 valence electrons. The number of aliphatic hydroxyl groups excluding tert-OH is 2. The monoisotopic (exact) mass is 898 g/mol. The number of cyclic esters (lactones) is 1. The van der Waals surface area contributed by atoms with Gasteiger partial charge in [0.1, 0.15) is 35.8 Å². The molecule has 3 aliphatic rings. The van der Waals surface area contributed by atoms with Crippen molar-refractivity contribution >= 4 is 41.1 Å². The number of pyridine rings is 1. The molecule has 2 aromatic rings. The second kappa shape index (κ2) is 23.8. The molecule has 1 aromatic carbocycles. The number of rotatable bonds is 9. The molecule has 17 nitrogen and oxygen atoms in total. The lowest BCUT2D eigenvalue weighted by atomic mass is 9.84. The fourth-order valence-corrected chi connectivity index (χ4v) is 7.81. The Bertz CT molecular complexity index is 2150. The van der Waals surface area contributed by atoms with Crippen LogP contribution in [0, 0.1) is 17.8 Å². The summed E-state index contributed by atoms with van der Waals surface area (Å²) in [6.07, 6.45) is 12.0. The molecule has 0 aliphatic carbocycles. The van der Waals surface area contributed by atoms with Crippen molar-refractivity contribution in [2.75, 3.05) is 18.2 Å². The number of allylic oxidation sites excluding steroid dienone is 4. The van der Waals surface area contributed by atoms with E-state index < -0.39 is 83.8 Å². The fourth-order valence-electron chi connectivity index (χ4n) is 7.81. The van der Waals surface area contributed by atoms with E-state index in [9.17, 15) is 44.1 Å². The van der Waals surface area contributed by atoms with Crippen LogP contribution < -0.4 is 21.1 Å². The van der Waals surface area contributed by atoms with Crippen LogP contribution in [0.5, 0.6) is 5.75 Å². The molecular weight excluding hydrogens is 837 g/mol. The van der Waals surface area contributed by atoms with Crippen molar-refractivity contribution in [3.05, 3.63) is 102 Å². The molecule has 2 bridgehead atoms. The minimum Gasteiger partial charge on any atom is -0.508 e. The third-order valence-corrected chi connectivity index (χ3v) is 11.7. The number of hydrogen-bond donors (Lipinski definition) is 6. The quantitative estimate of drug-likeness (QED) is 0.121. The first-order valence-electron chi connectivity index (χ1n) is 22.1. The highest BCUT2D eigenvalue weighted by Crippen LogP contribution is 2.26. The van der Waals surface area contributed by atoms with Crippen molar-refractivity contribution in [1.29, 1.82) is 0 Å². The van der Waals surface area contributed by atoms with Gasteiger partial charge in [0.15, 0.2) is 0 Å². The summed E-state index contributed by atoms with van der Waals surface area (Å²) in [5, 5.41) is 40.9. The van der Waals surface area contributed by atoms with Crippen LogP contribution >= 0.6 is 0 Å².